The smallest absolute Gasteiger partial charge is 0.00723 e. The van der Waals surface area contributed by atoms with Crippen LogP contribution in [0.3, 0.4) is 0 Å². The Labute approximate surface area is 108 Å². The van der Waals surface area contributed by atoms with Crippen molar-refractivity contribution >= 4 is 0 Å². The van der Waals surface area contributed by atoms with E-state index in [1.54, 1.807) is 11.1 Å². The molecule has 98 valence electrons. The third kappa shape index (κ3) is 3.03. The average molecular weight is 234 g/mol. The van der Waals surface area contributed by atoms with Crippen LogP contribution >= 0.6 is 0 Å². The maximum Gasteiger partial charge on any atom is 0.00723 e. The molecule has 0 amide bonds. The van der Waals surface area contributed by atoms with Gasteiger partial charge in [0.25, 0.3) is 0 Å². The van der Waals surface area contributed by atoms with E-state index in [0.717, 1.165) is 0 Å². The molecule has 0 aromatic carbocycles. The van der Waals surface area contributed by atoms with Crippen LogP contribution in [0.25, 0.3) is 0 Å². The molecule has 0 heterocycles. The van der Waals surface area contributed by atoms with Crippen molar-refractivity contribution in [3.05, 3.63) is 23.3 Å². The Bertz CT molecular complexity index is 315. The Morgan fingerprint density at radius 1 is 0.647 bits per heavy atom. The summed E-state index contributed by atoms with van der Waals surface area (Å²) in [6.45, 7) is 21.1. The van der Waals surface area contributed by atoms with Crippen LogP contribution in [0.5, 0.6) is 0 Å². The Kier molecular flexibility index (Phi) is 3.42. The molecule has 0 saturated heterocycles. The molecule has 0 radical (unpaired) electrons. The number of hydrogen-bond acceptors (Lipinski definition) is 0. The summed E-state index contributed by atoms with van der Waals surface area (Å²) in [6, 6.07) is 0. The van der Waals surface area contributed by atoms with Crippen LogP contribution in [0.2, 0.25) is 0 Å². The van der Waals surface area contributed by atoms with Crippen molar-refractivity contribution in [1.82, 2.24) is 0 Å². The van der Waals surface area contributed by atoms with Crippen LogP contribution in [0.1, 0.15) is 62.3 Å². The van der Waals surface area contributed by atoms with Crippen LogP contribution in [0, 0.1) is 22.2 Å². The van der Waals surface area contributed by atoms with Crippen molar-refractivity contribution in [1.29, 1.82) is 0 Å². The molecule has 0 atom stereocenters. The van der Waals surface area contributed by atoms with Gasteiger partial charge >= 0.3 is 0 Å². The minimum atomic E-state index is 0.265. The van der Waals surface area contributed by atoms with Crippen molar-refractivity contribution in [3.63, 3.8) is 0 Å². The van der Waals surface area contributed by atoms with Gasteiger partial charge in [-0.25, -0.2) is 0 Å². The Balaban J connectivity index is 3.21. The van der Waals surface area contributed by atoms with Crippen molar-refractivity contribution in [2.75, 3.05) is 0 Å². The molecule has 1 rings (SSSR count). The Morgan fingerprint density at radius 2 is 0.941 bits per heavy atom. The van der Waals surface area contributed by atoms with E-state index in [-0.39, 0.29) is 10.8 Å². The van der Waals surface area contributed by atoms with Gasteiger partial charge in [0.1, 0.15) is 0 Å². The van der Waals surface area contributed by atoms with Crippen LogP contribution in [0.4, 0.5) is 0 Å². The first-order valence-electron chi connectivity index (χ1n) is 6.78. The molecule has 17 heavy (non-hydrogen) atoms. The summed E-state index contributed by atoms with van der Waals surface area (Å²) < 4.78 is 0. The fourth-order valence-corrected chi connectivity index (χ4v) is 2.84. The van der Waals surface area contributed by atoms with E-state index in [2.05, 4.69) is 74.5 Å². The molecule has 0 heteroatoms. The maximum atomic E-state index is 2.37. The van der Waals surface area contributed by atoms with Crippen LogP contribution < -0.4 is 0 Å². The van der Waals surface area contributed by atoms with Gasteiger partial charge in [-0.05, 0) is 16.2 Å². The summed E-state index contributed by atoms with van der Waals surface area (Å²) in [5.74, 6) is 0.586. The second kappa shape index (κ2) is 4.00. The molecule has 0 saturated carbocycles. The van der Waals surface area contributed by atoms with Crippen molar-refractivity contribution in [2.24, 2.45) is 22.2 Å². The molecule has 0 unspecified atom stereocenters. The van der Waals surface area contributed by atoms with Crippen LogP contribution in [0.15, 0.2) is 23.3 Å². The zero-order valence-electron chi connectivity index (χ0n) is 13.2. The highest BCUT2D eigenvalue weighted by molar-refractivity contribution is 5.41. The lowest BCUT2D eigenvalue weighted by Crippen LogP contribution is -2.32. The molecular formula is C17H30. The highest BCUT2D eigenvalue weighted by Gasteiger charge is 2.41. The molecule has 0 bridgehead atoms. The van der Waals surface area contributed by atoms with E-state index in [0.29, 0.717) is 11.3 Å². The second-order valence-electron chi connectivity index (χ2n) is 8.54. The lowest BCUT2D eigenvalue weighted by atomic mass is 9.63. The zero-order chi connectivity index (χ0) is 13.6. The van der Waals surface area contributed by atoms with Crippen LogP contribution in [-0.4, -0.2) is 0 Å². The molecular weight excluding hydrogens is 204 g/mol. The Morgan fingerprint density at radius 3 is 1.12 bits per heavy atom. The van der Waals surface area contributed by atoms with Gasteiger partial charge in [0.2, 0.25) is 0 Å². The first-order chi connectivity index (χ1) is 7.35. The van der Waals surface area contributed by atoms with E-state index in [4.69, 9.17) is 0 Å². The van der Waals surface area contributed by atoms with Crippen molar-refractivity contribution < 1.29 is 0 Å². The number of hydrogen-bond donors (Lipinski definition) is 0. The normalized spacial score (nSPS) is 19.4. The SMILES string of the molecule is CC(C)(C)C1=CC=C(C(C)(C)C)C1C(C)(C)C. The van der Waals surface area contributed by atoms with Gasteiger partial charge in [0, 0.05) is 5.92 Å². The lowest BCUT2D eigenvalue weighted by Gasteiger charge is -2.41. The quantitative estimate of drug-likeness (QED) is 0.511. The molecule has 1 aliphatic rings. The average Bonchev–Trinajstić information content (AvgIpc) is 2.42. The maximum absolute atomic E-state index is 2.37. The summed E-state index contributed by atoms with van der Waals surface area (Å²) in [7, 11) is 0. The highest BCUT2D eigenvalue weighted by atomic mass is 14.5. The molecule has 0 spiro atoms. The predicted octanol–water partition coefficient (Wildman–Crippen LogP) is 5.61. The fourth-order valence-electron chi connectivity index (χ4n) is 2.84. The third-order valence-electron chi connectivity index (χ3n) is 3.66. The van der Waals surface area contributed by atoms with E-state index in [9.17, 15) is 0 Å². The van der Waals surface area contributed by atoms with Gasteiger partial charge in [-0.1, -0.05) is 85.6 Å². The Hall–Kier alpha value is -0.520. The van der Waals surface area contributed by atoms with Crippen molar-refractivity contribution in [2.45, 2.75) is 62.3 Å². The topological polar surface area (TPSA) is 0 Å². The fraction of sp³-hybridized carbons (Fsp3) is 0.765. The summed E-state index contributed by atoms with van der Waals surface area (Å²) in [4.78, 5) is 0. The summed E-state index contributed by atoms with van der Waals surface area (Å²) >= 11 is 0. The van der Waals surface area contributed by atoms with Gasteiger partial charge in [-0.2, -0.15) is 0 Å². The standard InChI is InChI=1S/C17H30/c1-15(2,3)12-10-11-13(16(4,5)6)14(12)17(7,8)9/h10-11,14H,1-9H3. The van der Waals surface area contributed by atoms with E-state index < -0.39 is 0 Å². The van der Waals surface area contributed by atoms with Gasteiger partial charge in [-0.15, -0.1) is 0 Å². The second-order valence-corrected chi connectivity index (χ2v) is 8.54. The first kappa shape index (κ1) is 14.5. The van der Waals surface area contributed by atoms with Gasteiger partial charge < -0.3 is 0 Å². The van der Waals surface area contributed by atoms with Gasteiger partial charge in [0.15, 0.2) is 0 Å². The molecule has 0 fully saturated rings. The molecule has 0 N–H and O–H groups in total. The molecule has 0 nitrogen and oxygen atoms in total. The van der Waals surface area contributed by atoms with Crippen molar-refractivity contribution in [3.8, 4) is 0 Å². The van der Waals surface area contributed by atoms with E-state index in [1.807, 2.05) is 0 Å². The van der Waals surface area contributed by atoms with Gasteiger partial charge in [0.05, 0.1) is 0 Å². The number of rotatable bonds is 0. The van der Waals surface area contributed by atoms with Gasteiger partial charge in [-0.3, -0.25) is 0 Å². The monoisotopic (exact) mass is 234 g/mol. The third-order valence-corrected chi connectivity index (χ3v) is 3.66. The molecule has 0 aliphatic heterocycles. The van der Waals surface area contributed by atoms with E-state index in [1.165, 1.54) is 0 Å². The lowest BCUT2D eigenvalue weighted by molar-refractivity contribution is 0.250. The predicted molar refractivity (Wildman–Crippen MR) is 78.0 cm³/mol. The summed E-state index contributed by atoms with van der Waals surface area (Å²) in [5.41, 5.74) is 4.02. The highest BCUT2D eigenvalue weighted by Crippen LogP contribution is 2.52. The minimum Gasteiger partial charge on any atom is -0.0619 e. The number of allylic oxidation sites excluding steroid dienone is 4. The zero-order valence-corrected chi connectivity index (χ0v) is 13.2. The first-order valence-corrected chi connectivity index (χ1v) is 6.78. The summed E-state index contributed by atoms with van der Waals surface area (Å²) in [6.07, 6.45) is 4.74. The largest absolute Gasteiger partial charge is 0.0619 e. The minimum absolute atomic E-state index is 0.265. The van der Waals surface area contributed by atoms with E-state index >= 15 is 0 Å². The summed E-state index contributed by atoms with van der Waals surface area (Å²) in [5, 5.41) is 0. The molecule has 1 aliphatic carbocycles. The van der Waals surface area contributed by atoms with Crippen LogP contribution in [-0.2, 0) is 0 Å². The molecule has 0 aromatic rings. The molecule has 0 aromatic heterocycles.